The molecular weight excluding hydrogens is 258 g/mol. The molecule has 0 aromatic heterocycles. The van der Waals surface area contributed by atoms with Gasteiger partial charge in [0, 0.05) is 6.21 Å². The number of hydrogen-bond donors (Lipinski definition) is 1. The number of aromatic hydroxyl groups is 1. The minimum atomic E-state index is 0.0395. The van der Waals surface area contributed by atoms with Gasteiger partial charge in [-0.2, -0.15) is 0 Å². The first-order chi connectivity index (χ1) is 9.97. The van der Waals surface area contributed by atoms with Gasteiger partial charge in [-0.25, -0.2) is 0 Å². The summed E-state index contributed by atoms with van der Waals surface area (Å²) in [6.45, 7) is 6.42. The number of allylic oxidation sites excluding steroid dienone is 1. The zero-order valence-corrected chi connectivity index (χ0v) is 12.7. The molecular formula is C19H21NO. The molecule has 2 aromatic rings. The van der Waals surface area contributed by atoms with Crippen molar-refractivity contribution in [3.8, 4) is 5.75 Å². The van der Waals surface area contributed by atoms with E-state index in [4.69, 9.17) is 0 Å². The van der Waals surface area contributed by atoms with Crippen LogP contribution in [0.5, 0.6) is 5.75 Å². The lowest BCUT2D eigenvalue weighted by atomic mass is 9.87. The normalized spacial score (nSPS) is 12.3. The predicted molar refractivity (Wildman–Crippen MR) is 90.4 cm³/mol. The molecule has 21 heavy (non-hydrogen) atoms. The van der Waals surface area contributed by atoms with E-state index >= 15 is 0 Å². The zero-order chi connectivity index (χ0) is 15.3. The minimum absolute atomic E-state index is 0.0395. The fraction of sp³-hybridized carbons (Fsp3) is 0.211. The molecule has 108 valence electrons. The Morgan fingerprint density at radius 3 is 2.38 bits per heavy atom. The Kier molecular flexibility index (Phi) is 4.59. The van der Waals surface area contributed by atoms with Crippen molar-refractivity contribution in [2.24, 2.45) is 4.99 Å². The van der Waals surface area contributed by atoms with E-state index in [1.165, 1.54) is 0 Å². The van der Waals surface area contributed by atoms with Crippen LogP contribution < -0.4 is 0 Å². The van der Waals surface area contributed by atoms with Crippen molar-refractivity contribution >= 4 is 18.0 Å². The first-order valence-electron chi connectivity index (χ1n) is 7.06. The molecule has 0 aliphatic rings. The first-order valence-corrected chi connectivity index (χ1v) is 7.06. The van der Waals surface area contributed by atoms with Gasteiger partial charge >= 0.3 is 0 Å². The largest absolute Gasteiger partial charge is 0.506 e. The molecule has 0 fully saturated rings. The van der Waals surface area contributed by atoms with Crippen molar-refractivity contribution in [1.82, 2.24) is 0 Å². The standard InChI is InChI=1S/C19H21NO/c1-19(2,3)16-11-12-18(21)17(14-16)20-13-7-10-15-8-5-4-6-9-15/h4-14,21H,1-3H3/b10-7+,20-13?. The van der Waals surface area contributed by atoms with Gasteiger partial charge in [0.1, 0.15) is 11.4 Å². The summed E-state index contributed by atoms with van der Waals surface area (Å²) in [6.07, 6.45) is 5.56. The SMILES string of the molecule is CC(C)(C)c1ccc(O)c(N=C/C=C/c2ccccc2)c1. The number of benzene rings is 2. The van der Waals surface area contributed by atoms with E-state index in [-0.39, 0.29) is 11.2 Å². The second kappa shape index (κ2) is 6.40. The van der Waals surface area contributed by atoms with Gasteiger partial charge in [0.25, 0.3) is 0 Å². The number of phenolic OH excluding ortho intramolecular Hbond substituents is 1. The lowest BCUT2D eigenvalue weighted by molar-refractivity contribution is 0.475. The van der Waals surface area contributed by atoms with Gasteiger partial charge in [-0.05, 0) is 34.8 Å². The second-order valence-electron chi connectivity index (χ2n) is 6.00. The van der Waals surface area contributed by atoms with Crippen LogP contribution in [0.1, 0.15) is 31.9 Å². The van der Waals surface area contributed by atoms with Gasteiger partial charge in [-0.15, -0.1) is 0 Å². The number of hydrogen-bond acceptors (Lipinski definition) is 2. The van der Waals surface area contributed by atoms with Crippen molar-refractivity contribution in [2.75, 3.05) is 0 Å². The molecule has 2 aromatic carbocycles. The predicted octanol–water partition coefficient (Wildman–Crippen LogP) is 5.11. The summed E-state index contributed by atoms with van der Waals surface area (Å²) in [5, 5.41) is 9.88. The van der Waals surface area contributed by atoms with Crippen molar-refractivity contribution < 1.29 is 5.11 Å². The molecule has 0 unspecified atom stereocenters. The Balaban J connectivity index is 2.16. The van der Waals surface area contributed by atoms with E-state index in [1.54, 1.807) is 12.3 Å². The molecule has 0 aliphatic carbocycles. The van der Waals surface area contributed by atoms with E-state index in [2.05, 4.69) is 25.8 Å². The average Bonchev–Trinajstić information content (AvgIpc) is 2.45. The highest BCUT2D eigenvalue weighted by molar-refractivity contribution is 5.81. The van der Waals surface area contributed by atoms with E-state index in [9.17, 15) is 5.11 Å². The molecule has 0 atom stereocenters. The maximum atomic E-state index is 9.88. The van der Waals surface area contributed by atoms with Crippen LogP contribution in [-0.2, 0) is 5.41 Å². The Morgan fingerprint density at radius 1 is 1.00 bits per heavy atom. The van der Waals surface area contributed by atoms with E-state index in [0.717, 1.165) is 11.1 Å². The molecule has 0 radical (unpaired) electrons. The number of rotatable bonds is 3. The maximum absolute atomic E-state index is 9.88. The van der Waals surface area contributed by atoms with E-state index < -0.39 is 0 Å². The summed E-state index contributed by atoms with van der Waals surface area (Å²) in [5.41, 5.74) is 2.91. The number of nitrogens with zero attached hydrogens (tertiary/aromatic N) is 1. The summed E-state index contributed by atoms with van der Waals surface area (Å²) in [4.78, 5) is 4.33. The van der Waals surface area contributed by atoms with Gasteiger partial charge in [0.05, 0.1) is 0 Å². The highest BCUT2D eigenvalue weighted by atomic mass is 16.3. The molecule has 0 amide bonds. The van der Waals surface area contributed by atoms with Crippen molar-refractivity contribution in [3.05, 3.63) is 65.7 Å². The molecule has 0 aliphatic heterocycles. The van der Waals surface area contributed by atoms with Gasteiger partial charge in [-0.3, -0.25) is 4.99 Å². The van der Waals surface area contributed by atoms with E-state index in [1.807, 2.05) is 54.6 Å². The van der Waals surface area contributed by atoms with Gasteiger partial charge in [0.2, 0.25) is 0 Å². The van der Waals surface area contributed by atoms with Gasteiger partial charge in [0.15, 0.2) is 0 Å². The smallest absolute Gasteiger partial charge is 0.141 e. The Bertz CT molecular complexity index is 649. The third-order valence-electron chi connectivity index (χ3n) is 3.23. The Hall–Kier alpha value is -2.35. The van der Waals surface area contributed by atoms with Crippen LogP contribution in [0.2, 0.25) is 0 Å². The Morgan fingerprint density at radius 2 is 1.71 bits per heavy atom. The van der Waals surface area contributed by atoms with Crippen LogP contribution in [0.15, 0.2) is 59.6 Å². The quantitative estimate of drug-likeness (QED) is 0.778. The second-order valence-corrected chi connectivity index (χ2v) is 6.00. The first kappa shape index (κ1) is 15.0. The highest BCUT2D eigenvalue weighted by Gasteiger charge is 2.14. The van der Waals surface area contributed by atoms with Crippen molar-refractivity contribution in [3.63, 3.8) is 0 Å². The molecule has 0 saturated heterocycles. The molecule has 0 spiro atoms. The zero-order valence-electron chi connectivity index (χ0n) is 12.7. The summed E-state index contributed by atoms with van der Waals surface area (Å²) in [5.74, 6) is 0.201. The molecule has 1 N–H and O–H groups in total. The van der Waals surface area contributed by atoms with Crippen LogP contribution in [0.4, 0.5) is 5.69 Å². The molecule has 0 saturated carbocycles. The van der Waals surface area contributed by atoms with Crippen LogP contribution in [0, 0.1) is 0 Å². The van der Waals surface area contributed by atoms with Crippen LogP contribution in [0.3, 0.4) is 0 Å². The van der Waals surface area contributed by atoms with Crippen LogP contribution >= 0.6 is 0 Å². The molecule has 2 nitrogen and oxygen atoms in total. The van der Waals surface area contributed by atoms with E-state index in [0.29, 0.717) is 5.69 Å². The summed E-state index contributed by atoms with van der Waals surface area (Å²) in [7, 11) is 0. The molecule has 2 heteroatoms. The van der Waals surface area contributed by atoms with Crippen LogP contribution in [-0.4, -0.2) is 11.3 Å². The van der Waals surface area contributed by atoms with Crippen molar-refractivity contribution in [2.45, 2.75) is 26.2 Å². The summed E-state index contributed by atoms with van der Waals surface area (Å²) < 4.78 is 0. The van der Waals surface area contributed by atoms with Gasteiger partial charge in [-0.1, -0.05) is 63.2 Å². The lowest BCUT2D eigenvalue weighted by Crippen LogP contribution is -2.10. The fourth-order valence-electron chi connectivity index (χ4n) is 1.93. The van der Waals surface area contributed by atoms with Gasteiger partial charge < -0.3 is 5.11 Å². The lowest BCUT2D eigenvalue weighted by Gasteiger charge is -2.19. The third kappa shape index (κ3) is 4.32. The minimum Gasteiger partial charge on any atom is -0.506 e. The Labute approximate surface area is 126 Å². The number of aliphatic imine (C=N–C) groups is 1. The highest BCUT2D eigenvalue weighted by Crippen LogP contribution is 2.32. The monoisotopic (exact) mass is 279 g/mol. The van der Waals surface area contributed by atoms with Crippen molar-refractivity contribution in [1.29, 1.82) is 0 Å². The average molecular weight is 279 g/mol. The topological polar surface area (TPSA) is 32.6 Å². The molecule has 0 heterocycles. The third-order valence-corrected chi connectivity index (χ3v) is 3.23. The maximum Gasteiger partial charge on any atom is 0.141 e. The summed E-state index contributed by atoms with van der Waals surface area (Å²) >= 11 is 0. The molecule has 2 rings (SSSR count). The molecule has 0 bridgehead atoms. The summed E-state index contributed by atoms with van der Waals surface area (Å²) in [6, 6.07) is 15.6. The number of phenols is 1. The van der Waals surface area contributed by atoms with Crippen LogP contribution in [0.25, 0.3) is 6.08 Å². The fourth-order valence-corrected chi connectivity index (χ4v) is 1.93.